The zero-order chi connectivity index (χ0) is 21.1. The van der Waals surface area contributed by atoms with E-state index < -0.39 is 0 Å². The van der Waals surface area contributed by atoms with Crippen molar-refractivity contribution in [3.8, 4) is 0 Å². The monoisotopic (exact) mass is 510 g/mol. The van der Waals surface area contributed by atoms with Gasteiger partial charge in [-0.25, -0.2) is 0 Å². The molecular formula is C22H14Cl4N2S2. The van der Waals surface area contributed by atoms with Crippen molar-refractivity contribution in [3.05, 3.63) is 92.0 Å². The minimum atomic E-state index is 0.560. The molecule has 3 aromatic carbocycles. The van der Waals surface area contributed by atoms with Crippen LogP contribution >= 0.6 is 69.9 Å². The van der Waals surface area contributed by atoms with Crippen molar-refractivity contribution in [1.82, 2.24) is 10.2 Å². The lowest BCUT2D eigenvalue weighted by molar-refractivity contribution is 1.04. The second kappa shape index (κ2) is 9.99. The number of rotatable bonds is 6. The van der Waals surface area contributed by atoms with Gasteiger partial charge in [-0.3, -0.25) is 0 Å². The van der Waals surface area contributed by atoms with Crippen LogP contribution in [-0.4, -0.2) is 10.2 Å². The largest absolute Gasteiger partial charge is 0.157 e. The highest BCUT2D eigenvalue weighted by molar-refractivity contribution is 7.99. The van der Waals surface area contributed by atoms with E-state index in [-0.39, 0.29) is 0 Å². The summed E-state index contributed by atoms with van der Waals surface area (Å²) >= 11 is 27.7. The molecule has 2 nitrogen and oxygen atoms in total. The Hall–Kier alpha value is -1.14. The van der Waals surface area contributed by atoms with Crippen molar-refractivity contribution < 1.29 is 0 Å². The summed E-state index contributed by atoms with van der Waals surface area (Å²) in [6, 6.07) is 17.6. The summed E-state index contributed by atoms with van der Waals surface area (Å²) in [5, 5.41) is 11.7. The van der Waals surface area contributed by atoms with Crippen LogP contribution in [0.1, 0.15) is 11.1 Å². The zero-order valence-electron chi connectivity index (χ0n) is 15.4. The SMILES string of the molecule is Clc1ccc(CSc2ccc3nncc(SCc4ccc(Cl)c(Cl)c4)c3c2)cc1Cl. The van der Waals surface area contributed by atoms with Gasteiger partial charge in [0.05, 0.1) is 31.8 Å². The fourth-order valence-corrected chi connectivity index (χ4v) is 5.27. The van der Waals surface area contributed by atoms with E-state index in [9.17, 15) is 0 Å². The summed E-state index contributed by atoms with van der Waals surface area (Å²) in [7, 11) is 0. The lowest BCUT2D eigenvalue weighted by atomic mass is 10.2. The normalized spacial score (nSPS) is 11.2. The molecule has 0 atom stereocenters. The summed E-state index contributed by atoms with van der Waals surface area (Å²) in [6.45, 7) is 0. The van der Waals surface area contributed by atoms with Crippen molar-refractivity contribution in [2.75, 3.05) is 0 Å². The molecule has 0 aliphatic rings. The molecule has 0 radical (unpaired) electrons. The number of aromatic nitrogens is 2. The minimum absolute atomic E-state index is 0.560. The number of hydrogen-bond acceptors (Lipinski definition) is 4. The van der Waals surface area contributed by atoms with E-state index in [1.165, 1.54) is 0 Å². The summed E-state index contributed by atoms with van der Waals surface area (Å²) in [4.78, 5) is 2.22. The number of fused-ring (bicyclic) bond motifs is 1. The van der Waals surface area contributed by atoms with Crippen LogP contribution in [0.25, 0.3) is 10.9 Å². The van der Waals surface area contributed by atoms with Gasteiger partial charge in [-0.15, -0.1) is 23.5 Å². The fourth-order valence-electron chi connectivity index (χ4n) is 2.80. The Morgan fingerprint density at radius 3 is 1.93 bits per heavy atom. The molecule has 0 unspecified atom stereocenters. The van der Waals surface area contributed by atoms with Crippen LogP contribution in [-0.2, 0) is 11.5 Å². The molecule has 4 aromatic rings. The first-order chi connectivity index (χ1) is 14.5. The molecule has 0 fully saturated rings. The maximum absolute atomic E-state index is 6.13. The second-order valence-electron chi connectivity index (χ2n) is 6.46. The highest BCUT2D eigenvalue weighted by Crippen LogP contribution is 2.34. The Morgan fingerprint density at radius 1 is 0.667 bits per heavy atom. The van der Waals surface area contributed by atoms with Gasteiger partial charge in [-0.2, -0.15) is 10.2 Å². The third kappa shape index (κ3) is 5.37. The third-order valence-corrected chi connectivity index (χ3v) is 8.00. The molecule has 0 aliphatic heterocycles. The van der Waals surface area contributed by atoms with E-state index in [1.54, 1.807) is 29.7 Å². The van der Waals surface area contributed by atoms with E-state index in [4.69, 9.17) is 46.4 Å². The highest BCUT2D eigenvalue weighted by Gasteiger charge is 2.08. The molecule has 0 bridgehead atoms. The Bertz CT molecular complexity index is 1220. The zero-order valence-corrected chi connectivity index (χ0v) is 20.1. The lowest BCUT2D eigenvalue weighted by Gasteiger charge is -2.08. The first-order valence-electron chi connectivity index (χ1n) is 8.88. The number of benzene rings is 3. The molecule has 152 valence electrons. The van der Waals surface area contributed by atoms with Gasteiger partial charge in [0, 0.05) is 26.7 Å². The maximum atomic E-state index is 6.13. The van der Waals surface area contributed by atoms with Gasteiger partial charge in [0.15, 0.2) is 0 Å². The molecule has 0 spiro atoms. The quantitative estimate of drug-likeness (QED) is 0.241. The van der Waals surface area contributed by atoms with E-state index in [2.05, 4.69) is 22.3 Å². The van der Waals surface area contributed by atoms with Crippen LogP contribution in [0.5, 0.6) is 0 Å². The molecule has 1 aromatic heterocycles. The first-order valence-corrected chi connectivity index (χ1v) is 12.4. The number of nitrogens with zero attached hydrogens (tertiary/aromatic N) is 2. The maximum Gasteiger partial charge on any atom is 0.0941 e. The first kappa shape index (κ1) is 22.1. The summed E-state index contributed by atoms with van der Waals surface area (Å²) in [5.74, 6) is 1.56. The van der Waals surface area contributed by atoms with E-state index in [1.807, 2.05) is 42.5 Å². The predicted molar refractivity (Wildman–Crippen MR) is 132 cm³/mol. The molecule has 1 heterocycles. The third-order valence-electron chi connectivity index (χ3n) is 4.34. The van der Waals surface area contributed by atoms with E-state index in [0.29, 0.717) is 20.1 Å². The van der Waals surface area contributed by atoms with Crippen molar-refractivity contribution >= 4 is 80.8 Å². The van der Waals surface area contributed by atoms with Gasteiger partial charge >= 0.3 is 0 Å². The molecule has 0 amide bonds. The van der Waals surface area contributed by atoms with Gasteiger partial charge in [-0.05, 0) is 53.6 Å². The molecule has 8 heteroatoms. The lowest BCUT2D eigenvalue weighted by Crippen LogP contribution is -1.89. The van der Waals surface area contributed by atoms with Crippen molar-refractivity contribution in [1.29, 1.82) is 0 Å². The van der Waals surface area contributed by atoms with Crippen molar-refractivity contribution in [3.63, 3.8) is 0 Å². The average molecular weight is 512 g/mol. The average Bonchev–Trinajstić information content (AvgIpc) is 2.75. The van der Waals surface area contributed by atoms with Crippen LogP contribution < -0.4 is 0 Å². The van der Waals surface area contributed by atoms with Gasteiger partial charge in [0.25, 0.3) is 0 Å². The van der Waals surface area contributed by atoms with Crippen LogP contribution in [0.2, 0.25) is 20.1 Å². The molecule has 0 N–H and O–H groups in total. The topological polar surface area (TPSA) is 25.8 Å². The van der Waals surface area contributed by atoms with Gasteiger partial charge in [0.1, 0.15) is 0 Å². The Labute approximate surface area is 203 Å². The molecule has 0 saturated carbocycles. The number of thioether (sulfide) groups is 2. The molecule has 0 aliphatic carbocycles. The Balaban J connectivity index is 1.52. The van der Waals surface area contributed by atoms with Gasteiger partial charge in [-0.1, -0.05) is 58.5 Å². The van der Waals surface area contributed by atoms with Crippen molar-refractivity contribution in [2.45, 2.75) is 21.3 Å². The highest BCUT2D eigenvalue weighted by atomic mass is 35.5. The van der Waals surface area contributed by atoms with E-state index in [0.717, 1.165) is 43.3 Å². The Kier molecular flexibility index (Phi) is 7.35. The smallest absolute Gasteiger partial charge is 0.0941 e. The van der Waals surface area contributed by atoms with Gasteiger partial charge in [0.2, 0.25) is 0 Å². The van der Waals surface area contributed by atoms with Gasteiger partial charge < -0.3 is 0 Å². The van der Waals surface area contributed by atoms with Crippen LogP contribution in [0.4, 0.5) is 0 Å². The molecular weight excluding hydrogens is 498 g/mol. The molecule has 0 saturated heterocycles. The summed E-state index contributed by atoms with van der Waals surface area (Å²) < 4.78 is 0. The second-order valence-corrected chi connectivity index (χ2v) is 10.2. The predicted octanol–water partition coefficient (Wildman–Crippen LogP) is 8.83. The van der Waals surface area contributed by atoms with Crippen LogP contribution in [0.15, 0.2) is 70.6 Å². The van der Waals surface area contributed by atoms with E-state index >= 15 is 0 Å². The van der Waals surface area contributed by atoms with Crippen LogP contribution in [0.3, 0.4) is 0 Å². The fraction of sp³-hybridized carbons (Fsp3) is 0.0909. The Morgan fingerprint density at radius 2 is 1.30 bits per heavy atom. The summed E-state index contributed by atoms with van der Waals surface area (Å²) in [5.41, 5.74) is 3.09. The standard InChI is InChI=1S/C22H14Cl4N2S2/c23-17-4-1-13(7-19(17)25)11-29-15-3-6-21-16(9-15)22(10-27-28-21)30-12-14-2-5-18(24)20(26)8-14/h1-10H,11-12H2. The van der Waals surface area contributed by atoms with Crippen LogP contribution in [0, 0.1) is 0 Å². The minimum Gasteiger partial charge on any atom is -0.157 e. The number of halogens is 4. The van der Waals surface area contributed by atoms with Crippen molar-refractivity contribution in [2.24, 2.45) is 0 Å². The molecule has 4 rings (SSSR count). The number of hydrogen-bond donors (Lipinski definition) is 0. The molecule has 30 heavy (non-hydrogen) atoms. The summed E-state index contributed by atoms with van der Waals surface area (Å²) in [6.07, 6.45) is 1.80.